The predicted octanol–water partition coefficient (Wildman–Crippen LogP) is 0.382. The van der Waals surface area contributed by atoms with E-state index in [-0.39, 0.29) is 13.2 Å². The molecule has 0 aromatic carbocycles. The van der Waals surface area contributed by atoms with Crippen LogP contribution in [0.5, 0.6) is 0 Å². The van der Waals surface area contributed by atoms with Gasteiger partial charge in [-0.05, 0) is 25.7 Å². The summed E-state index contributed by atoms with van der Waals surface area (Å²) in [4.78, 5) is 0. The van der Waals surface area contributed by atoms with Gasteiger partial charge in [0.25, 0.3) is 0 Å². The SMILES string of the molecule is CC(NCC(C)(CO)CO)C1CCOCC1. The Morgan fingerprint density at radius 2 is 1.88 bits per heavy atom. The van der Waals surface area contributed by atoms with Gasteiger partial charge in [-0.15, -0.1) is 0 Å². The number of aliphatic hydroxyl groups excluding tert-OH is 2. The van der Waals surface area contributed by atoms with Gasteiger partial charge in [0.05, 0.1) is 13.2 Å². The molecule has 1 saturated heterocycles. The van der Waals surface area contributed by atoms with Crippen LogP contribution in [0.2, 0.25) is 0 Å². The molecule has 0 aromatic heterocycles. The molecular formula is C12H25NO3. The summed E-state index contributed by atoms with van der Waals surface area (Å²) in [5.41, 5.74) is -0.417. The zero-order valence-corrected chi connectivity index (χ0v) is 10.4. The van der Waals surface area contributed by atoms with Gasteiger partial charge >= 0.3 is 0 Å². The second-order valence-electron chi connectivity index (χ2n) is 5.25. The molecule has 0 amide bonds. The predicted molar refractivity (Wildman–Crippen MR) is 63.3 cm³/mol. The molecular weight excluding hydrogens is 206 g/mol. The van der Waals surface area contributed by atoms with Crippen molar-refractivity contribution >= 4 is 0 Å². The van der Waals surface area contributed by atoms with Crippen molar-refractivity contribution in [2.24, 2.45) is 11.3 Å². The van der Waals surface area contributed by atoms with Gasteiger partial charge in [0, 0.05) is 31.2 Å². The minimum absolute atomic E-state index is 0.0109. The standard InChI is InChI=1S/C12H25NO3/c1-10(11-3-5-16-6-4-11)13-7-12(2,8-14)9-15/h10-11,13-15H,3-9H2,1-2H3. The molecule has 0 saturated carbocycles. The molecule has 1 aliphatic rings. The lowest BCUT2D eigenvalue weighted by atomic mass is 9.89. The highest BCUT2D eigenvalue weighted by Crippen LogP contribution is 2.20. The van der Waals surface area contributed by atoms with Crippen molar-refractivity contribution in [3.8, 4) is 0 Å². The Morgan fingerprint density at radius 3 is 2.38 bits per heavy atom. The lowest BCUT2D eigenvalue weighted by molar-refractivity contribution is 0.0439. The molecule has 1 aliphatic heterocycles. The molecule has 1 heterocycles. The molecule has 96 valence electrons. The number of ether oxygens (including phenoxy) is 1. The zero-order chi connectivity index (χ0) is 12.0. The number of hydrogen-bond donors (Lipinski definition) is 3. The lowest BCUT2D eigenvalue weighted by Gasteiger charge is -2.32. The summed E-state index contributed by atoms with van der Waals surface area (Å²) in [7, 11) is 0. The van der Waals surface area contributed by atoms with Gasteiger partial charge in [-0.2, -0.15) is 0 Å². The number of hydrogen-bond acceptors (Lipinski definition) is 4. The maximum Gasteiger partial charge on any atom is 0.0518 e. The quantitative estimate of drug-likeness (QED) is 0.618. The van der Waals surface area contributed by atoms with Crippen LogP contribution >= 0.6 is 0 Å². The lowest BCUT2D eigenvalue weighted by Crippen LogP contribution is -2.44. The Bertz CT molecular complexity index is 189. The summed E-state index contributed by atoms with van der Waals surface area (Å²) in [6, 6.07) is 0.418. The Balaban J connectivity index is 2.30. The van der Waals surface area contributed by atoms with Crippen molar-refractivity contribution in [2.75, 3.05) is 33.0 Å². The van der Waals surface area contributed by atoms with Crippen molar-refractivity contribution in [3.63, 3.8) is 0 Å². The fourth-order valence-electron chi connectivity index (χ4n) is 1.95. The highest BCUT2D eigenvalue weighted by molar-refractivity contribution is 4.80. The topological polar surface area (TPSA) is 61.7 Å². The van der Waals surface area contributed by atoms with E-state index in [1.807, 2.05) is 6.92 Å². The molecule has 0 aromatic rings. The second-order valence-corrected chi connectivity index (χ2v) is 5.25. The third kappa shape index (κ3) is 4.01. The van der Waals surface area contributed by atoms with E-state index in [9.17, 15) is 10.2 Å². The van der Waals surface area contributed by atoms with E-state index in [4.69, 9.17) is 4.74 Å². The molecule has 16 heavy (non-hydrogen) atoms. The van der Waals surface area contributed by atoms with Gasteiger partial charge in [-0.25, -0.2) is 0 Å². The van der Waals surface area contributed by atoms with E-state index in [0.717, 1.165) is 26.1 Å². The summed E-state index contributed by atoms with van der Waals surface area (Å²) >= 11 is 0. The Kier molecular flexibility index (Phi) is 5.69. The Labute approximate surface area is 98.0 Å². The monoisotopic (exact) mass is 231 g/mol. The molecule has 4 nitrogen and oxygen atoms in total. The number of rotatable bonds is 6. The fraction of sp³-hybridized carbons (Fsp3) is 1.00. The molecule has 0 radical (unpaired) electrons. The summed E-state index contributed by atoms with van der Waals surface area (Å²) in [5.74, 6) is 0.649. The average molecular weight is 231 g/mol. The van der Waals surface area contributed by atoms with Gasteiger partial charge in [0.2, 0.25) is 0 Å². The van der Waals surface area contributed by atoms with Gasteiger partial charge in [-0.3, -0.25) is 0 Å². The molecule has 0 bridgehead atoms. The van der Waals surface area contributed by atoms with Crippen LogP contribution < -0.4 is 5.32 Å². The summed E-state index contributed by atoms with van der Waals surface area (Å²) < 4.78 is 5.33. The van der Waals surface area contributed by atoms with E-state index < -0.39 is 5.41 Å². The molecule has 0 aliphatic carbocycles. The van der Waals surface area contributed by atoms with Gasteiger partial charge in [0.15, 0.2) is 0 Å². The van der Waals surface area contributed by atoms with Crippen LogP contribution in [0.1, 0.15) is 26.7 Å². The third-order valence-corrected chi connectivity index (χ3v) is 3.59. The minimum Gasteiger partial charge on any atom is -0.396 e. The van der Waals surface area contributed by atoms with Crippen molar-refractivity contribution in [2.45, 2.75) is 32.7 Å². The van der Waals surface area contributed by atoms with Crippen molar-refractivity contribution in [1.29, 1.82) is 0 Å². The van der Waals surface area contributed by atoms with Crippen LogP contribution in [0.3, 0.4) is 0 Å². The maximum atomic E-state index is 9.19. The molecule has 1 fully saturated rings. The highest BCUT2D eigenvalue weighted by atomic mass is 16.5. The molecule has 0 spiro atoms. The first-order valence-corrected chi connectivity index (χ1v) is 6.14. The van der Waals surface area contributed by atoms with Crippen LogP contribution in [0, 0.1) is 11.3 Å². The largest absolute Gasteiger partial charge is 0.396 e. The Hall–Kier alpha value is -0.160. The summed E-state index contributed by atoms with van der Waals surface area (Å²) in [5, 5.41) is 21.8. The van der Waals surface area contributed by atoms with E-state index >= 15 is 0 Å². The van der Waals surface area contributed by atoms with E-state index in [1.54, 1.807) is 0 Å². The highest BCUT2D eigenvalue weighted by Gasteiger charge is 2.25. The van der Waals surface area contributed by atoms with Crippen molar-refractivity contribution in [3.05, 3.63) is 0 Å². The van der Waals surface area contributed by atoms with Crippen LogP contribution in [0.4, 0.5) is 0 Å². The molecule has 1 rings (SSSR count). The Morgan fingerprint density at radius 1 is 1.31 bits per heavy atom. The van der Waals surface area contributed by atoms with Crippen LogP contribution in [-0.2, 0) is 4.74 Å². The fourth-order valence-corrected chi connectivity index (χ4v) is 1.95. The van der Waals surface area contributed by atoms with Gasteiger partial charge in [-0.1, -0.05) is 6.92 Å². The summed E-state index contributed by atoms with van der Waals surface area (Å²) in [6.07, 6.45) is 2.20. The van der Waals surface area contributed by atoms with E-state index in [1.165, 1.54) is 0 Å². The van der Waals surface area contributed by atoms with E-state index in [0.29, 0.717) is 18.5 Å². The number of aliphatic hydroxyl groups is 2. The normalized spacial score (nSPS) is 21.0. The van der Waals surface area contributed by atoms with Crippen molar-refractivity contribution in [1.82, 2.24) is 5.32 Å². The zero-order valence-electron chi connectivity index (χ0n) is 10.4. The maximum absolute atomic E-state index is 9.19. The average Bonchev–Trinajstić information content (AvgIpc) is 2.36. The smallest absolute Gasteiger partial charge is 0.0518 e. The van der Waals surface area contributed by atoms with E-state index in [2.05, 4.69) is 12.2 Å². The molecule has 1 unspecified atom stereocenters. The third-order valence-electron chi connectivity index (χ3n) is 3.59. The van der Waals surface area contributed by atoms with Crippen LogP contribution in [0.25, 0.3) is 0 Å². The minimum atomic E-state index is -0.417. The van der Waals surface area contributed by atoms with Crippen LogP contribution in [-0.4, -0.2) is 49.2 Å². The second kappa shape index (κ2) is 6.55. The van der Waals surface area contributed by atoms with Gasteiger partial charge < -0.3 is 20.3 Å². The van der Waals surface area contributed by atoms with Gasteiger partial charge in [0.1, 0.15) is 0 Å². The molecule has 3 N–H and O–H groups in total. The molecule has 1 atom stereocenters. The van der Waals surface area contributed by atoms with Crippen LogP contribution in [0.15, 0.2) is 0 Å². The molecule has 4 heteroatoms. The summed E-state index contributed by atoms with van der Waals surface area (Å²) in [6.45, 7) is 6.44. The first kappa shape index (κ1) is 13.9. The first-order valence-electron chi connectivity index (χ1n) is 6.14. The first-order chi connectivity index (χ1) is 7.61. The van der Waals surface area contributed by atoms with Crippen molar-refractivity contribution < 1.29 is 14.9 Å². The number of nitrogens with one attached hydrogen (secondary N) is 1.